The summed E-state index contributed by atoms with van der Waals surface area (Å²) in [6.45, 7) is 3.80. The van der Waals surface area contributed by atoms with Crippen LogP contribution in [0.15, 0.2) is 24.3 Å². The van der Waals surface area contributed by atoms with E-state index in [0.29, 0.717) is 5.69 Å². The molecule has 1 amide bonds. The van der Waals surface area contributed by atoms with Gasteiger partial charge in [-0.3, -0.25) is 4.79 Å². The second-order valence-electron chi connectivity index (χ2n) is 6.35. The molecule has 0 atom stereocenters. The van der Waals surface area contributed by atoms with E-state index in [2.05, 4.69) is 5.32 Å². The van der Waals surface area contributed by atoms with E-state index in [1.807, 2.05) is 38.1 Å². The highest BCUT2D eigenvalue weighted by molar-refractivity contribution is 5.88. The van der Waals surface area contributed by atoms with Gasteiger partial charge in [0, 0.05) is 5.69 Å². The molecule has 1 aliphatic rings. The summed E-state index contributed by atoms with van der Waals surface area (Å²) >= 11 is 0. The number of amides is 1. The van der Waals surface area contributed by atoms with Gasteiger partial charge in [0.15, 0.2) is 0 Å². The topological polar surface area (TPSA) is 75.3 Å². The lowest BCUT2D eigenvalue weighted by Crippen LogP contribution is -2.54. The zero-order chi connectivity index (χ0) is 14.8. The Hall–Kier alpha value is -1.55. The van der Waals surface area contributed by atoms with Crippen LogP contribution in [0.3, 0.4) is 0 Å². The van der Waals surface area contributed by atoms with Crippen molar-refractivity contribution in [3.8, 4) is 0 Å². The first-order valence-electron chi connectivity index (χ1n) is 7.19. The Kier molecular flexibility index (Phi) is 4.04. The van der Waals surface area contributed by atoms with Gasteiger partial charge >= 0.3 is 0 Å². The van der Waals surface area contributed by atoms with Gasteiger partial charge < -0.3 is 16.2 Å². The second-order valence-corrected chi connectivity index (χ2v) is 6.35. The van der Waals surface area contributed by atoms with E-state index >= 15 is 0 Å². The van der Waals surface area contributed by atoms with Crippen molar-refractivity contribution in [3.05, 3.63) is 29.8 Å². The molecule has 0 spiro atoms. The first kappa shape index (κ1) is 14.9. The molecule has 0 heterocycles. The number of hydrogen-bond donors (Lipinski definition) is 3. The molecule has 0 radical (unpaired) electrons. The minimum Gasteiger partial charge on any atom is -0.399 e. The fourth-order valence-corrected chi connectivity index (χ4v) is 2.80. The lowest BCUT2D eigenvalue weighted by molar-refractivity contribution is -0.128. The quantitative estimate of drug-likeness (QED) is 0.736. The van der Waals surface area contributed by atoms with Crippen molar-refractivity contribution in [3.63, 3.8) is 0 Å². The van der Waals surface area contributed by atoms with Crippen LogP contribution in [0.5, 0.6) is 0 Å². The van der Waals surface area contributed by atoms with E-state index in [0.717, 1.165) is 31.2 Å². The highest BCUT2D eigenvalue weighted by atomic mass is 16.3. The number of benzene rings is 1. The molecular weight excluding hydrogens is 252 g/mol. The van der Waals surface area contributed by atoms with Gasteiger partial charge in [0.2, 0.25) is 5.91 Å². The first-order valence-corrected chi connectivity index (χ1v) is 7.19. The maximum absolute atomic E-state index is 12.6. The number of hydrogen-bond acceptors (Lipinski definition) is 3. The van der Waals surface area contributed by atoms with Crippen molar-refractivity contribution < 1.29 is 9.90 Å². The van der Waals surface area contributed by atoms with E-state index in [4.69, 9.17) is 5.73 Å². The third kappa shape index (κ3) is 2.80. The molecule has 0 saturated heterocycles. The summed E-state index contributed by atoms with van der Waals surface area (Å²) in [6, 6.07) is 7.38. The van der Waals surface area contributed by atoms with Gasteiger partial charge in [-0.05, 0) is 44.4 Å². The molecular formula is C16H24N2O2. The third-order valence-corrected chi connectivity index (χ3v) is 4.44. The summed E-state index contributed by atoms with van der Waals surface area (Å²) in [5.74, 6) is -0.0433. The largest absolute Gasteiger partial charge is 0.399 e. The molecule has 1 saturated carbocycles. The minimum absolute atomic E-state index is 0.0105. The number of nitrogens with one attached hydrogen (secondary N) is 1. The molecule has 0 bridgehead atoms. The maximum atomic E-state index is 12.6. The minimum atomic E-state index is -0.640. The summed E-state index contributed by atoms with van der Waals surface area (Å²) in [7, 11) is 0. The highest BCUT2D eigenvalue weighted by Gasteiger charge is 2.39. The van der Waals surface area contributed by atoms with E-state index < -0.39 is 11.0 Å². The monoisotopic (exact) mass is 276 g/mol. The maximum Gasteiger partial charge on any atom is 0.230 e. The van der Waals surface area contributed by atoms with Gasteiger partial charge in [-0.2, -0.15) is 0 Å². The Morgan fingerprint density at radius 3 is 2.35 bits per heavy atom. The predicted octanol–water partition coefficient (Wildman–Crippen LogP) is 1.97. The third-order valence-electron chi connectivity index (χ3n) is 4.44. The molecule has 20 heavy (non-hydrogen) atoms. The highest BCUT2D eigenvalue weighted by Crippen LogP contribution is 2.31. The average molecular weight is 276 g/mol. The standard InChI is InChI=1S/C16H24N2O2/c1-15(2,12-5-7-13(17)8-6-12)14(20)18-16(11-19)9-3-4-10-16/h5-8,19H,3-4,9-11,17H2,1-2H3,(H,18,20). The summed E-state index contributed by atoms with van der Waals surface area (Å²) < 4.78 is 0. The fraction of sp³-hybridized carbons (Fsp3) is 0.562. The number of carbonyl (C=O) groups excluding carboxylic acids is 1. The Morgan fingerprint density at radius 1 is 1.30 bits per heavy atom. The molecule has 0 unspecified atom stereocenters. The smallest absolute Gasteiger partial charge is 0.230 e. The Morgan fingerprint density at radius 2 is 1.85 bits per heavy atom. The zero-order valence-electron chi connectivity index (χ0n) is 12.3. The first-order chi connectivity index (χ1) is 9.39. The molecule has 1 aromatic carbocycles. The second kappa shape index (κ2) is 5.44. The van der Waals surface area contributed by atoms with Crippen LogP contribution in [0.2, 0.25) is 0 Å². The van der Waals surface area contributed by atoms with Crippen LogP contribution in [-0.2, 0) is 10.2 Å². The van der Waals surface area contributed by atoms with Crippen molar-refractivity contribution in [1.82, 2.24) is 5.32 Å². The normalized spacial score (nSPS) is 17.9. The zero-order valence-corrected chi connectivity index (χ0v) is 12.3. The molecule has 4 N–H and O–H groups in total. The van der Waals surface area contributed by atoms with Crippen molar-refractivity contribution >= 4 is 11.6 Å². The Labute approximate surface area is 120 Å². The number of anilines is 1. The van der Waals surface area contributed by atoms with Crippen LogP contribution in [0.1, 0.15) is 45.1 Å². The van der Waals surface area contributed by atoms with E-state index in [1.54, 1.807) is 0 Å². The molecule has 4 nitrogen and oxygen atoms in total. The van der Waals surface area contributed by atoms with Gasteiger partial charge in [0.1, 0.15) is 0 Å². The molecule has 1 fully saturated rings. The number of nitrogens with two attached hydrogens (primary N) is 1. The lowest BCUT2D eigenvalue weighted by atomic mass is 9.82. The number of carbonyl (C=O) groups is 1. The fourth-order valence-electron chi connectivity index (χ4n) is 2.80. The van der Waals surface area contributed by atoms with E-state index in [1.165, 1.54) is 0 Å². The molecule has 0 aromatic heterocycles. The van der Waals surface area contributed by atoms with Crippen molar-refractivity contribution in [1.29, 1.82) is 0 Å². The van der Waals surface area contributed by atoms with Crippen LogP contribution < -0.4 is 11.1 Å². The average Bonchev–Trinajstić information content (AvgIpc) is 2.88. The van der Waals surface area contributed by atoms with Crippen molar-refractivity contribution in [2.75, 3.05) is 12.3 Å². The molecule has 1 aromatic rings. The van der Waals surface area contributed by atoms with Crippen LogP contribution >= 0.6 is 0 Å². The van der Waals surface area contributed by atoms with Crippen LogP contribution in [-0.4, -0.2) is 23.2 Å². The molecule has 4 heteroatoms. The molecule has 2 rings (SSSR count). The summed E-state index contributed by atoms with van der Waals surface area (Å²) in [6.07, 6.45) is 3.83. The van der Waals surface area contributed by atoms with Crippen LogP contribution in [0, 0.1) is 0 Å². The number of aliphatic hydroxyl groups is 1. The van der Waals surface area contributed by atoms with Crippen LogP contribution in [0.25, 0.3) is 0 Å². The molecule has 0 aliphatic heterocycles. The SMILES string of the molecule is CC(C)(C(=O)NC1(CO)CCCC1)c1ccc(N)cc1. The van der Waals surface area contributed by atoms with Gasteiger partial charge in [0.05, 0.1) is 17.6 Å². The van der Waals surface area contributed by atoms with Crippen LogP contribution in [0.4, 0.5) is 5.69 Å². The lowest BCUT2D eigenvalue weighted by Gasteiger charge is -2.33. The summed E-state index contributed by atoms with van der Waals surface area (Å²) in [4.78, 5) is 12.6. The molecule has 1 aliphatic carbocycles. The Bertz CT molecular complexity index is 474. The predicted molar refractivity (Wildman–Crippen MR) is 80.3 cm³/mol. The van der Waals surface area contributed by atoms with Crippen molar-refractivity contribution in [2.24, 2.45) is 0 Å². The summed E-state index contributed by atoms with van der Waals surface area (Å²) in [5, 5.41) is 12.7. The van der Waals surface area contributed by atoms with Gasteiger partial charge in [-0.15, -0.1) is 0 Å². The van der Waals surface area contributed by atoms with Gasteiger partial charge in [-0.25, -0.2) is 0 Å². The number of nitrogen functional groups attached to an aromatic ring is 1. The van der Waals surface area contributed by atoms with E-state index in [-0.39, 0.29) is 12.5 Å². The summed E-state index contributed by atoms with van der Waals surface area (Å²) in [5.41, 5.74) is 6.23. The Balaban J connectivity index is 2.16. The van der Waals surface area contributed by atoms with Gasteiger partial charge in [0.25, 0.3) is 0 Å². The molecule has 110 valence electrons. The number of rotatable bonds is 4. The van der Waals surface area contributed by atoms with Gasteiger partial charge in [-0.1, -0.05) is 25.0 Å². The van der Waals surface area contributed by atoms with E-state index in [9.17, 15) is 9.90 Å². The van der Waals surface area contributed by atoms with Crippen molar-refractivity contribution in [2.45, 2.75) is 50.5 Å². The number of aliphatic hydroxyl groups excluding tert-OH is 1.